The Morgan fingerprint density at radius 3 is 0.571 bits per heavy atom. The zero-order valence-electron chi connectivity index (χ0n) is 17.4. The van der Waals surface area contributed by atoms with Gasteiger partial charge in [-0.25, -0.2) is 0 Å². The average Bonchev–Trinajstić information content (AvgIpc) is 1.84. The van der Waals surface area contributed by atoms with Gasteiger partial charge in [0, 0.05) is 0 Å². The summed E-state index contributed by atoms with van der Waals surface area (Å²) >= 11 is 0. The maximum atomic E-state index is 3.14. The van der Waals surface area contributed by atoms with Crippen molar-refractivity contribution in [1.29, 1.82) is 0 Å². The molecule has 0 aromatic carbocycles. The minimum Gasteiger partial charge on any atom is -0.357 e. The van der Waals surface area contributed by atoms with E-state index in [1.807, 2.05) is 0 Å². The third kappa shape index (κ3) is 5.54. The van der Waals surface area contributed by atoms with Gasteiger partial charge in [-0.1, -0.05) is 78.6 Å². The number of hydrogen-bond acceptors (Lipinski definition) is 2. The summed E-state index contributed by atoms with van der Waals surface area (Å²) in [6.45, 7) is 36.1. The lowest BCUT2D eigenvalue weighted by Crippen LogP contribution is -2.82. The van der Waals surface area contributed by atoms with E-state index in [9.17, 15) is 0 Å². The monoisotopic (exact) mass is 378 g/mol. The Bertz CT molecular complexity index is 294. The maximum Gasteiger partial charge on any atom is 0.174 e. The SMILES string of the molecule is C[Si](C)(C)N([Si](C)(C)C)[Si](C)(C)N([Si](C)(C)C)[Si](C)(C)C. The smallest absolute Gasteiger partial charge is 0.174 e. The summed E-state index contributed by atoms with van der Waals surface area (Å²) in [5, 5.41) is 0. The van der Waals surface area contributed by atoms with Crippen LogP contribution in [-0.2, 0) is 0 Å². The van der Waals surface area contributed by atoms with Crippen molar-refractivity contribution in [3.63, 3.8) is 0 Å². The van der Waals surface area contributed by atoms with E-state index in [2.05, 4.69) is 99.5 Å². The number of hydrogen-bond donors (Lipinski definition) is 0. The molecule has 7 heteroatoms. The molecule has 0 unspecified atom stereocenters. The summed E-state index contributed by atoms with van der Waals surface area (Å²) < 4.78 is 6.28. The van der Waals surface area contributed by atoms with Crippen LogP contribution >= 0.6 is 0 Å². The molecule has 128 valence electrons. The largest absolute Gasteiger partial charge is 0.357 e. The predicted molar refractivity (Wildman–Crippen MR) is 115 cm³/mol. The number of nitrogens with zero attached hydrogens (tertiary/aromatic N) is 2. The van der Waals surface area contributed by atoms with E-state index in [4.69, 9.17) is 0 Å². The van der Waals surface area contributed by atoms with Crippen LogP contribution in [0.25, 0.3) is 0 Å². The molecule has 0 bridgehead atoms. The average molecular weight is 379 g/mol. The first kappa shape index (κ1) is 22.0. The molecule has 0 aromatic heterocycles. The first-order valence-electron chi connectivity index (χ1n) is 8.34. The van der Waals surface area contributed by atoms with E-state index in [0.29, 0.717) is 0 Å². The molecule has 0 atom stereocenters. The van der Waals surface area contributed by atoms with Crippen molar-refractivity contribution >= 4 is 41.3 Å². The van der Waals surface area contributed by atoms with Crippen LogP contribution in [-0.4, -0.2) is 49.1 Å². The van der Waals surface area contributed by atoms with Gasteiger partial charge in [0.1, 0.15) is 32.9 Å². The number of rotatable bonds is 6. The quantitative estimate of drug-likeness (QED) is 0.552. The predicted octanol–water partition coefficient (Wildman–Crippen LogP) is 5.63. The Labute approximate surface area is 140 Å². The molecular weight excluding hydrogens is 337 g/mol. The highest BCUT2D eigenvalue weighted by atomic mass is 28.5. The van der Waals surface area contributed by atoms with Gasteiger partial charge in [-0.15, -0.1) is 0 Å². The molecule has 0 spiro atoms. The molecule has 0 aliphatic rings. The highest BCUT2D eigenvalue weighted by molar-refractivity contribution is 7.11. The van der Waals surface area contributed by atoms with Crippen molar-refractivity contribution in [2.75, 3.05) is 0 Å². The van der Waals surface area contributed by atoms with Crippen LogP contribution in [0.2, 0.25) is 91.7 Å². The minimum atomic E-state index is -1.59. The van der Waals surface area contributed by atoms with Crippen LogP contribution in [0.3, 0.4) is 0 Å². The fourth-order valence-electron chi connectivity index (χ4n) is 5.40. The van der Waals surface area contributed by atoms with E-state index >= 15 is 0 Å². The summed E-state index contributed by atoms with van der Waals surface area (Å²) in [6.07, 6.45) is 0. The second-order valence-electron chi connectivity index (χ2n) is 10.8. The van der Waals surface area contributed by atoms with Crippen molar-refractivity contribution in [2.45, 2.75) is 91.7 Å². The van der Waals surface area contributed by atoms with Crippen LogP contribution in [0, 0.1) is 0 Å². The van der Waals surface area contributed by atoms with E-state index < -0.39 is 41.3 Å². The second kappa shape index (κ2) is 6.14. The van der Waals surface area contributed by atoms with E-state index in [1.165, 1.54) is 0 Å². The first-order chi connectivity index (χ1) is 8.73. The van der Waals surface area contributed by atoms with Crippen molar-refractivity contribution in [2.24, 2.45) is 0 Å². The Kier molecular flexibility index (Phi) is 6.43. The van der Waals surface area contributed by atoms with Gasteiger partial charge in [-0.3, -0.25) is 0 Å². The van der Waals surface area contributed by atoms with Crippen molar-refractivity contribution in [3.8, 4) is 0 Å². The zero-order valence-corrected chi connectivity index (χ0v) is 22.4. The molecule has 0 N–H and O–H groups in total. The lowest BCUT2D eigenvalue weighted by Gasteiger charge is -2.62. The molecule has 0 heterocycles. The third-order valence-electron chi connectivity index (χ3n) is 3.78. The summed E-state index contributed by atoms with van der Waals surface area (Å²) in [7, 11) is -6.86. The summed E-state index contributed by atoms with van der Waals surface area (Å²) in [5.74, 6) is 0. The van der Waals surface area contributed by atoms with Crippen molar-refractivity contribution in [1.82, 2.24) is 7.79 Å². The van der Waals surface area contributed by atoms with Gasteiger partial charge in [0.15, 0.2) is 8.40 Å². The lowest BCUT2D eigenvalue weighted by molar-refractivity contribution is 0.759. The van der Waals surface area contributed by atoms with Crippen molar-refractivity contribution in [3.05, 3.63) is 0 Å². The van der Waals surface area contributed by atoms with Gasteiger partial charge < -0.3 is 7.79 Å². The molecule has 0 aromatic rings. The fourth-order valence-corrected chi connectivity index (χ4v) is 50.4. The van der Waals surface area contributed by atoms with Crippen molar-refractivity contribution < 1.29 is 0 Å². The Balaban J connectivity index is 6.21. The lowest BCUT2D eigenvalue weighted by atomic mass is 11.8. The Morgan fingerprint density at radius 2 is 0.476 bits per heavy atom. The van der Waals surface area contributed by atoms with Crippen LogP contribution < -0.4 is 0 Å². The molecule has 0 aliphatic carbocycles. The van der Waals surface area contributed by atoms with Crippen LogP contribution in [0.4, 0.5) is 0 Å². The topological polar surface area (TPSA) is 6.48 Å². The van der Waals surface area contributed by atoms with Crippen LogP contribution in [0.5, 0.6) is 0 Å². The van der Waals surface area contributed by atoms with E-state index in [1.54, 1.807) is 0 Å². The molecule has 0 amide bonds. The highest BCUT2D eigenvalue weighted by Gasteiger charge is 2.53. The molecule has 0 saturated carbocycles. The molecular formula is C14H42N2Si5. The molecule has 2 nitrogen and oxygen atoms in total. The standard InChI is InChI=1S/C14H42N2Si5/c1-17(2,3)15(18(4,5)6)21(13,14)16(19(7,8)9)20(10,11)12/h1-14H3. The summed E-state index contributed by atoms with van der Waals surface area (Å²) in [4.78, 5) is 0. The molecule has 0 rings (SSSR count). The Morgan fingerprint density at radius 1 is 0.333 bits per heavy atom. The van der Waals surface area contributed by atoms with Crippen LogP contribution in [0.1, 0.15) is 0 Å². The molecule has 0 aliphatic heterocycles. The summed E-state index contributed by atoms with van der Waals surface area (Å²) in [6, 6.07) is 0. The van der Waals surface area contributed by atoms with Gasteiger partial charge in [-0.05, 0) is 13.1 Å². The third-order valence-corrected chi connectivity index (χ3v) is 34.0. The fraction of sp³-hybridized carbons (Fsp3) is 1.00. The highest BCUT2D eigenvalue weighted by Crippen LogP contribution is 2.35. The van der Waals surface area contributed by atoms with E-state index in [-0.39, 0.29) is 0 Å². The zero-order chi connectivity index (χ0) is 17.7. The Hall–Kier alpha value is 1.00. The van der Waals surface area contributed by atoms with Gasteiger partial charge in [0.05, 0.1) is 0 Å². The molecule has 0 radical (unpaired) electrons. The van der Waals surface area contributed by atoms with Gasteiger partial charge >= 0.3 is 0 Å². The van der Waals surface area contributed by atoms with Gasteiger partial charge in [-0.2, -0.15) is 0 Å². The van der Waals surface area contributed by atoms with Crippen LogP contribution in [0.15, 0.2) is 0 Å². The maximum absolute atomic E-state index is 3.14. The van der Waals surface area contributed by atoms with E-state index in [0.717, 1.165) is 0 Å². The van der Waals surface area contributed by atoms with Gasteiger partial charge in [0.2, 0.25) is 0 Å². The second-order valence-corrected chi connectivity index (χ2v) is 36.6. The normalized spacial score (nSPS) is 16.0. The minimum absolute atomic E-state index is 1.32. The molecule has 0 fully saturated rings. The summed E-state index contributed by atoms with van der Waals surface area (Å²) in [5.41, 5.74) is 0. The molecule has 0 saturated heterocycles. The van der Waals surface area contributed by atoms with Gasteiger partial charge in [0.25, 0.3) is 0 Å². The first-order valence-corrected chi connectivity index (χ1v) is 25.0. The molecule has 21 heavy (non-hydrogen) atoms.